The van der Waals surface area contributed by atoms with Crippen molar-refractivity contribution in [2.24, 2.45) is 24.3 Å². The molecule has 6 fully saturated rings. The highest BCUT2D eigenvalue weighted by molar-refractivity contribution is 6.03. The van der Waals surface area contributed by atoms with Crippen LogP contribution in [0.2, 0.25) is 0 Å². The van der Waals surface area contributed by atoms with Crippen molar-refractivity contribution < 1.29 is 33.0 Å². The summed E-state index contributed by atoms with van der Waals surface area (Å²) >= 11 is 0. The van der Waals surface area contributed by atoms with Gasteiger partial charge in [0.1, 0.15) is 47.5 Å². The first kappa shape index (κ1) is 53.9. The van der Waals surface area contributed by atoms with Crippen molar-refractivity contribution in [1.82, 2.24) is 50.1 Å². The highest BCUT2D eigenvalue weighted by Gasteiger charge is 2.48. The normalized spacial score (nSPS) is 22.5. The van der Waals surface area contributed by atoms with Crippen LogP contribution in [-0.2, 0) is 21.4 Å². The Morgan fingerprint density at radius 1 is 0.909 bits per heavy atom. The summed E-state index contributed by atoms with van der Waals surface area (Å²) in [5, 5.41) is 23.8. The minimum atomic E-state index is -0.701. The lowest BCUT2D eigenvalue weighted by atomic mass is 9.88. The van der Waals surface area contributed by atoms with Gasteiger partial charge in [-0.15, -0.1) is 6.42 Å². The van der Waals surface area contributed by atoms with E-state index in [-0.39, 0.29) is 45.4 Å². The number of piperidine rings is 1. The Morgan fingerprint density at radius 3 is 2.30 bits per heavy atom. The zero-order valence-corrected chi connectivity index (χ0v) is 44.7. The molecule has 5 unspecified atom stereocenters. The number of halogens is 2. The van der Waals surface area contributed by atoms with Gasteiger partial charge in [-0.05, 0) is 132 Å². The van der Waals surface area contributed by atoms with E-state index in [0.29, 0.717) is 66.0 Å². The predicted octanol–water partition coefficient (Wildman–Crippen LogP) is 6.45. The van der Waals surface area contributed by atoms with E-state index >= 15 is 4.39 Å². The maximum absolute atomic E-state index is 16.9. The Morgan fingerprint density at radius 2 is 1.64 bits per heavy atom. The van der Waals surface area contributed by atoms with Gasteiger partial charge in [-0.2, -0.15) is 15.1 Å². The maximum atomic E-state index is 16.9. The molecule has 0 spiro atoms. The summed E-state index contributed by atoms with van der Waals surface area (Å²) in [5.74, 6) is 3.22. The summed E-state index contributed by atoms with van der Waals surface area (Å²) in [4.78, 5) is 56.3. The number of aromatic nitrogens is 5. The quantitative estimate of drug-likeness (QED) is 0.0756. The number of hydrogen-bond donors (Lipinski definition) is 3. The molecule has 2 bridgehead atoms. The number of piperazine rings is 1. The fourth-order valence-electron chi connectivity index (χ4n) is 12.8. The molecule has 0 amide bonds. The van der Waals surface area contributed by atoms with E-state index in [1.165, 1.54) is 42.9 Å². The van der Waals surface area contributed by atoms with Crippen molar-refractivity contribution in [3.05, 3.63) is 77.1 Å². The highest BCUT2D eigenvalue weighted by Crippen LogP contribution is 2.48. The van der Waals surface area contributed by atoms with Crippen LogP contribution in [0.4, 0.5) is 14.6 Å². The lowest BCUT2D eigenvalue weighted by Crippen LogP contribution is -2.51. The van der Waals surface area contributed by atoms with Crippen LogP contribution in [0.15, 0.2) is 48.7 Å². The molecule has 6 aromatic rings. The van der Waals surface area contributed by atoms with Crippen LogP contribution < -0.4 is 20.3 Å². The number of aromatic hydroxyl groups is 1. The number of carbonyl (C=O) groups is 3. The Bertz CT molecular complexity index is 3160. The molecule has 1 aliphatic carbocycles. The van der Waals surface area contributed by atoms with Gasteiger partial charge in [0.05, 0.1) is 41.2 Å². The number of ether oxygens (including phenoxy) is 1. The van der Waals surface area contributed by atoms with Crippen LogP contribution >= 0.6 is 0 Å². The average Bonchev–Trinajstić information content (AvgIpc) is 3.56. The second-order valence-corrected chi connectivity index (χ2v) is 22.5. The smallest absolute Gasteiger partial charge is 0.319 e. The summed E-state index contributed by atoms with van der Waals surface area (Å²) in [5.41, 5.74) is 3.28. The largest absolute Gasteiger partial charge is 0.508 e. The van der Waals surface area contributed by atoms with Crippen LogP contribution in [0.25, 0.3) is 43.8 Å². The van der Waals surface area contributed by atoms with Crippen LogP contribution in [0, 0.1) is 41.2 Å². The number of benzene rings is 3. The Hall–Kier alpha value is -6.49. The number of fused-ring (bicyclic) bond motifs is 6. The molecule has 16 nitrogen and oxygen atoms in total. The number of anilines is 1. The van der Waals surface area contributed by atoms with Gasteiger partial charge in [0, 0.05) is 99.3 Å². The molecule has 3 aromatic heterocycles. The molecule has 1 saturated carbocycles. The van der Waals surface area contributed by atoms with Crippen molar-refractivity contribution in [2.75, 3.05) is 98.1 Å². The molecule has 77 heavy (non-hydrogen) atoms. The van der Waals surface area contributed by atoms with Crippen molar-refractivity contribution in [2.45, 2.75) is 75.3 Å². The standard InChI is InChI=1S/C37H39F2N7O2.C20H25N3O3.C2H7N/c1-3-27-30(38)7-4-21-10-26(47)11-28(31(21)27)33-32(39)34-29(12-40-33)35(46-17-24-5-6-25(18-46)41-24)43-36(42-34)48-20-37(8-9-37)19-45-15-22-13-44(2)14-23(22)16-45;1-22-19-13-16(15-6-8-23(9-7-15)10-12-25)4-5-18(19)20(21-22)17(14-26)3-2-11-24;1-3-2/h1,4,7,10-12,22-25,41,47H,5-6,8-9,13-20H2,2H3;4-5,11-15,17H,2-3,6-10H2,1H3;3H,1-2H3. The minimum Gasteiger partial charge on any atom is -0.508 e. The summed E-state index contributed by atoms with van der Waals surface area (Å²) in [7, 11) is 7.86. The molecule has 6 aliphatic rings. The molecule has 18 heteroatoms. The molecule has 3 aromatic carbocycles. The number of phenols is 1. The van der Waals surface area contributed by atoms with Gasteiger partial charge in [-0.3, -0.25) is 14.6 Å². The number of nitrogens with zero attached hydrogens (tertiary/aromatic N) is 9. The van der Waals surface area contributed by atoms with E-state index in [0.717, 1.165) is 132 Å². The molecular formula is C59H71F2N11O5. The van der Waals surface area contributed by atoms with Crippen LogP contribution in [0.1, 0.15) is 80.0 Å². The summed E-state index contributed by atoms with van der Waals surface area (Å²) < 4.78 is 40.0. The Kier molecular flexibility index (Phi) is 16.3. The van der Waals surface area contributed by atoms with E-state index in [1.54, 1.807) is 6.20 Å². The second kappa shape index (κ2) is 23.2. The Labute approximate surface area is 448 Å². The minimum absolute atomic E-state index is 0.0177. The van der Waals surface area contributed by atoms with Gasteiger partial charge in [-0.1, -0.05) is 24.1 Å². The Balaban J connectivity index is 0.000000196. The molecule has 5 aliphatic heterocycles. The van der Waals surface area contributed by atoms with Gasteiger partial charge < -0.3 is 49.6 Å². The fourth-order valence-corrected chi connectivity index (χ4v) is 12.8. The summed E-state index contributed by atoms with van der Waals surface area (Å²) in [6.45, 7) is 9.96. The van der Waals surface area contributed by atoms with Gasteiger partial charge >= 0.3 is 6.01 Å². The zero-order valence-electron chi connectivity index (χ0n) is 44.7. The van der Waals surface area contributed by atoms with Crippen LogP contribution in [-0.4, -0.2) is 169 Å². The molecule has 12 rings (SSSR count). The topological polar surface area (TPSA) is 174 Å². The number of terminal acetylenes is 1. The van der Waals surface area contributed by atoms with E-state index in [4.69, 9.17) is 16.1 Å². The SMILES string of the molecule is C#Cc1c(F)ccc2cc(O)cc(-c3ncc4c(N5CC6CCC(C5)N6)nc(OCC5(CN6CC7CN(C)CC7C6)CC5)nc4c3F)c12.CNC.Cn1nc(C(C=O)CCC=O)c2ccc(C3CCN(CC=O)CC3)cc21. The fraction of sp³-hybridized carbons (Fsp3) is 0.508. The average molecular weight is 1050 g/mol. The molecule has 3 N–H and O–H groups in total. The van der Waals surface area contributed by atoms with Gasteiger partial charge in [0.2, 0.25) is 0 Å². The summed E-state index contributed by atoms with van der Waals surface area (Å²) in [6, 6.07) is 12.8. The zero-order chi connectivity index (χ0) is 54.0. The number of aryl methyl sites for hydroxylation is 1. The van der Waals surface area contributed by atoms with E-state index in [1.807, 2.05) is 25.8 Å². The first-order chi connectivity index (χ1) is 37.3. The van der Waals surface area contributed by atoms with Crippen molar-refractivity contribution in [1.29, 1.82) is 0 Å². The number of phenolic OH excluding ortho intramolecular Hbond substituents is 1. The van der Waals surface area contributed by atoms with E-state index in [2.05, 4.69) is 76.5 Å². The highest BCUT2D eigenvalue weighted by atomic mass is 19.1. The summed E-state index contributed by atoms with van der Waals surface area (Å²) in [6.07, 6.45) is 17.3. The maximum Gasteiger partial charge on any atom is 0.319 e. The molecule has 5 atom stereocenters. The van der Waals surface area contributed by atoms with E-state index in [9.17, 15) is 23.9 Å². The third-order valence-electron chi connectivity index (χ3n) is 16.8. The molecule has 406 valence electrons. The molecule has 8 heterocycles. The van der Waals surface area contributed by atoms with Crippen LogP contribution in [0.5, 0.6) is 11.8 Å². The number of aldehydes is 3. The number of carbonyl (C=O) groups excluding carboxylic acids is 3. The second-order valence-electron chi connectivity index (χ2n) is 22.5. The van der Waals surface area contributed by atoms with Crippen LogP contribution in [0.3, 0.4) is 0 Å². The van der Waals surface area contributed by atoms with Crippen molar-refractivity contribution in [3.8, 4) is 35.4 Å². The first-order valence-corrected chi connectivity index (χ1v) is 27.3. The number of likely N-dealkylation sites (tertiary alicyclic amines) is 3. The monoisotopic (exact) mass is 1050 g/mol. The number of hydrogen-bond acceptors (Lipinski definition) is 15. The first-order valence-electron chi connectivity index (χ1n) is 27.3. The predicted molar refractivity (Wildman–Crippen MR) is 294 cm³/mol. The molecule has 5 saturated heterocycles. The molecule has 0 radical (unpaired) electrons. The lowest BCUT2D eigenvalue weighted by molar-refractivity contribution is -0.110. The third-order valence-corrected chi connectivity index (χ3v) is 16.8. The number of pyridine rings is 1. The number of rotatable bonds is 15. The third kappa shape index (κ3) is 11.4. The van der Waals surface area contributed by atoms with Crippen molar-refractivity contribution in [3.63, 3.8) is 0 Å². The molecular weight excluding hydrogens is 981 g/mol. The van der Waals surface area contributed by atoms with Crippen molar-refractivity contribution >= 4 is 57.3 Å². The van der Waals surface area contributed by atoms with Gasteiger partial charge in [-0.25, -0.2) is 8.78 Å². The van der Waals surface area contributed by atoms with E-state index < -0.39 is 11.6 Å². The number of nitrogens with one attached hydrogen (secondary N) is 2. The van der Waals surface area contributed by atoms with Gasteiger partial charge in [0.25, 0.3) is 0 Å². The van der Waals surface area contributed by atoms with Gasteiger partial charge in [0.15, 0.2) is 5.82 Å². The lowest BCUT2D eigenvalue weighted by Gasteiger charge is -2.34.